The van der Waals surface area contributed by atoms with Crippen LogP contribution < -0.4 is 5.73 Å². The number of esters is 1. The summed E-state index contributed by atoms with van der Waals surface area (Å²) in [4.78, 5) is 15.1. The van der Waals surface area contributed by atoms with Gasteiger partial charge >= 0.3 is 5.97 Å². The van der Waals surface area contributed by atoms with Gasteiger partial charge in [0, 0.05) is 10.9 Å². The van der Waals surface area contributed by atoms with Crippen molar-refractivity contribution in [1.29, 1.82) is 0 Å². The van der Waals surface area contributed by atoms with Gasteiger partial charge in [0.05, 0.1) is 12.2 Å². The minimum atomic E-state index is -2.81. The lowest BCUT2D eigenvalue weighted by molar-refractivity contribution is 0.0508. The molecule has 0 aliphatic heterocycles. The molecule has 1 heterocycles. The van der Waals surface area contributed by atoms with Gasteiger partial charge in [0.2, 0.25) is 0 Å². The van der Waals surface area contributed by atoms with Crippen molar-refractivity contribution in [2.24, 2.45) is 0 Å². The molecule has 0 bridgehead atoms. The average molecular weight is 309 g/mol. The molecule has 1 aromatic rings. The number of nitrogens with two attached hydrogens (primary N) is 1. The van der Waals surface area contributed by atoms with Crippen LogP contribution in [0.2, 0.25) is 0 Å². The number of anilines is 1. The highest BCUT2D eigenvalue weighted by molar-refractivity contribution is 9.08. The minimum Gasteiger partial charge on any atom is -0.461 e. The smallest absolute Gasteiger partial charge is 0.357 e. The zero-order chi connectivity index (χ0) is 13.0. The summed E-state index contributed by atoms with van der Waals surface area (Å²) in [5.74, 6) is -0.857. The molecule has 0 aliphatic carbocycles. The molecule has 0 aromatic carbocycles. The van der Waals surface area contributed by atoms with Crippen LogP contribution in [0.15, 0.2) is 6.07 Å². The lowest BCUT2D eigenvalue weighted by atomic mass is 10.1. The summed E-state index contributed by atoms with van der Waals surface area (Å²) in [6.07, 6.45) is -2.81. The predicted molar refractivity (Wildman–Crippen MR) is 62.2 cm³/mol. The van der Waals surface area contributed by atoms with Gasteiger partial charge in [-0.05, 0) is 13.0 Å². The van der Waals surface area contributed by atoms with Crippen LogP contribution in [0.5, 0.6) is 0 Å². The molecular weight excluding hydrogens is 298 g/mol. The Hall–Kier alpha value is -1.24. The topological polar surface area (TPSA) is 65.2 Å². The summed E-state index contributed by atoms with van der Waals surface area (Å²) >= 11 is 3.10. The Labute approximate surface area is 105 Å². The minimum absolute atomic E-state index is 0.0364. The van der Waals surface area contributed by atoms with Crippen molar-refractivity contribution in [3.63, 3.8) is 0 Å². The normalized spacial score (nSPS) is 10.6. The number of hydrogen-bond acceptors (Lipinski definition) is 4. The molecular formula is C10H11BrF2N2O2. The molecule has 94 valence electrons. The molecule has 0 unspecified atom stereocenters. The number of rotatable bonds is 4. The van der Waals surface area contributed by atoms with Crippen LogP contribution in [-0.2, 0) is 10.1 Å². The fourth-order valence-corrected chi connectivity index (χ4v) is 1.67. The Morgan fingerprint density at radius 2 is 2.29 bits per heavy atom. The number of alkyl halides is 3. The van der Waals surface area contributed by atoms with E-state index in [2.05, 4.69) is 25.7 Å². The Morgan fingerprint density at radius 3 is 2.76 bits per heavy atom. The summed E-state index contributed by atoms with van der Waals surface area (Å²) in [6, 6.07) is 1.16. The molecule has 7 heteroatoms. The number of nitrogens with zero attached hydrogens (tertiary/aromatic N) is 1. The highest BCUT2D eigenvalue weighted by Crippen LogP contribution is 2.26. The maximum atomic E-state index is 12.8. The number of hydrogen-bond donors (Lipinski definition) is 1. The molecule has 0 spiro atoms. The molecule has 0 fully saturated rings. The summed E-state index contributed by atoms with van der Waals surface area (Å²) in [5.41, 5.74) is 5.06. The van der Waals surface area contributed by atoms with Gasteiger partial charge in [-0.15, -0.1) is 0 Å². The quantitative estimate of drug-likeness (QED) is 0.686. The van der Waals surface area contributed by atoms with Crippen LogP contribution in [0.3, 0.4) is 0 Å². The van der Waals surface area contributed by atoms with Crippen molar-refractivity contribution in [3.8, 4) is 0 Å². The first-order chi connectivity index (χ1) is 8.01. The van der Waals surface area contributed by atoms with E-state index in [1.165, 1.54) is 0 Å². The van der Waals surface area contributed by atoms with E-state index in [9.17, 15) is 13.6 Å². The Morgan fingerprint density at radius 1 is 1.65 bits per heavy atom. The van der Waals surface area contributed by atoms with Crippen LogP contribution in [0.25, 0.3) is 0 Å². The monoisotopic (exact) mass is 308 g/mol. The van der Waals surface area contributed by atoms with Gasteiger partial charge in [-0.2, -0.15) is 0 Å². The molecule has 0 saturated carbocycles. The van der Waals surface area contributed by atoms with E-state index >= 15 is 0 Å². The van der Waals surface area contributed by atoms with Crippen LogP contribution in [-0.4, -0.2) is 17.6 Å². The summed E-state index contributed by atoms with van der Waals surface area (Å²) < 4.78 is 30.2. The third-order valence-electron chi connectivity index (χ3n) is 2.01. The maximum Gasteiger partial charge on any atom is 0.357 e. The standard InChI is InChI=1S/C10H11BrF2N2O2/c1-2-17-10(16)7-6(8(12)13)3-5(4-11)9(14)15-7/h3,8H,2,4H2,1H3,(H2,14,15). The van der Waals surface area contributed by atoms with Crippen molar-refractivity contribution < 1.29 is 18.3 Å². The second-order valence-corrected chi connectivity index (χ2v) is 3.69. The number of pyridine rings is 1. The largest absolute Gasteiger partial charge is 0.461 e. The van der Waals surface area contributed by atoms with Gasteiger partial charge in [0.1, 0.15) is 5.82 Å². The van der Waals surface area contributed by atoms with E-state index in [0.29, 0.717) is 5.56 Å². The first-order valence-corrected chi connectivity index (χ1v) is 5.93. The first-order valence-electron chi connectivity index (χ1n) is 4.81. The molecule has 0 saturated heterocycles. The van der Waals surface area contributed by atoms with Crippen LogP contribution in [0.4, 0.5) is 14.6 Å². The van der Waals surface area contributed by atoms with Gasteiger partial charge in [0.25, 0.3) is 6.43 Å². The highest BCUT2D eigenvalue weighted by atomic mass is 79.9. The van der Waals surface area contributed by atoms with E-state index < -0.39 is 23.7 Å². The van der Waals surface area contributed by atoms with Crippen LogP contribution in [0, 0.1) is 0 Å². The fraction of sp³-hybridized carbons (Fsp3) is 0.400. The second kappa shape index (κ2) is 5.90. The lowest BCUT2D eigenvalue weighted by Gasteiger charge is -2.10. The number of nitrogen functional groups attached to an aromatic ring is 1. The van der Waals surface area contributed by atoms with Crippen LogP contribution >= 0.6 is 15.9 Å². The molecule has 0 amide bonds. The van der Waals surface area contributed by atoms with Gasteiger partial charge in [0.15, 0.2) is 5.69 Å². The number of carbonyl (C=O) groups excluding carboxylic acids is 1. The van der Waals surface area contributed by atoms with Gasteiger partial charge in [-0.3, -0.25) is 0 Å². The summed E-state index contributed by atoms with van der Waals surface area (Å²) in [6.45, 7) is 1.67. The summed E-state index contributed by atoms with van der Waals surface area (Å²) in [7, 11) is 0. The maximum absolute atomic E-state index is 12.8. The van der Waals surface area contributed by atoms with Crippen molar-refractivity contribution in [3.05, 3.63) is 22.9 Å². The van der Waals surface area contributed by atoms with Crippen molar-refractivity contribution in [2.75, 3.05) is 12.3 Å². The van der Waals surface area contributed by atoms with Crippen molar-refractivity contribution in [2.45, 2.75) is 18.7 Å². The van der Waals surface area contributed by atoms with E-state index in [-0.39, 0.29) is 17.8 Å². The number of ether oxygens (including phenoxy) is 1. The Kier molecular flexibility index (Phi) is 4.80. The Bertz CT molecular complexity index is 427. The van der Waals surface area contributed by atoms with Gasteiger partial charge in [-0.25, -0.2) is 18.6 Å². The SMILES string of the molecule is CCOC(=O)c1nc(N)c(CBr)cc1C(F)F. The van der Waals surface area contributed by atoms with Crippen molar-refractivity contribution >= 4 is 27.7 Å². The van der Waals surface area contributed by atoms with E-state index in [1.807, 2.05) is 0 Å². The van der Waals surface area contributed by atoms with E-state index in [4.69, 9.17) is 5.73 Å². The van der Waals surface area contributed by atoms with Crippen LogP contribution in [0.1, 0.15) is 35.0 Å². The lowest BCUT2D eigenvalue weighted by Crippen LogP contribution is -2.13. The second-order valence-electron chi connectivity index (χ2n) is 3.13. The third kappa shape index (κ3) is 3.12. The Balaban J connectivity index is 3.27. The summed E-state index contributed by atoms with van der Waals surface area (Å²) in [5, 5.41) is 0.286. The number of aromatic nitrogens is 1. The molecule has 0 atom stereocenters. The van der Waals surface area contributed by atoms with Gasteiger partial charge in [-0.1, -0.05) is 15.9 Å². The predicted octanol–water partition coefficient (Wildman–Crippen LogP) is 2.67. The highest BCUT2D eigenvalue weighted by Gasteiger charge is 2.23. The first kappa shape index (κ1) is 13.8. The number of halogens is 3. The average Bonchev–Trinajstić information content (AvgIpc) is 2.28. The molecule has 2 N–H and O–H groups in total. The molecule has 1 aromatic heterocycles. The molecule has 17 heavy (non-hydrogen) atoms. The molecule has 0 aliphatic rings. The number of carbonyl (C=O) groups is 1. The van der Waals surface area contributed by atoms with E-state index in [0.717, 1.165) is 6.07 Å². The zero-order valence-corrected chi connectivity index (χ0v) is 10.6. The zero-order valence-electron chi connectivity index (χ0n) is 9.04. The molecule has 0 radical (unpaired) electrons. The van der Waals surface area contributed by atoms with E-state index in [1.54, 1.807) is 6.92 Å². The third-order valence-corrected chi connectivity index (χ3v) is 2.62. The van der Waals surface area contributed by atoms with Crippen molar-refractivity contribution in [1.82, 2.24) is 4.98 Å². The van der Waals surface area contributed by atoms with Gasteiger partial charge < -0.3 is 10.5 Å². The molecule has 4 nitrogen and oxygen atoms in total. The fourth-order valence-electron chi connectivity index (χ4n) is 1.22. The molecule has 1 rings (SSSR count).